The van der Waals surface area contributed by atoms with Crippen molar-refractivity contribution in [3.05, 3.63) is 59.7 Å². The first-order valence-corrected chi connectivity index (χ1v) is 8.05. The Hall–Kier alpha value is -2.75. The molecule has 4 nitrogen and oxygen atoms in total. The van der Waals surface area contributed by atoms with Gasteiger partial charge in [0.05, 0.1) is 13.7 Å². The zero-order valence-electron chi connectivity index (χ0n) is 14.3. The van der Waals surface area contributed by atoms with Gasteiger partial charge in [0.2, 0.25) is 5.91 Å². The van der Waals surface area contributed by atoms with Gasteiger partial charge in [0.15, 0.2) is 11.5 Å². The lowest BCUT2D eigenvalue weighted by molar-refractivity contribution is -0.111. The number of hydrogen-bond acceptors (Lipinski definition) is 3. The molecule has 0 fully saturated rings. The molecule has 0 saturated carbocycles. The minimum atomic E-state index is -0.194. The Bertz CT molecular complexity index is 705. The molecule has 2 rings (SSSR count). The second-order valence-corrected chi connectivity index (χ2v) is 5.22. The molecule has 0 atom stereocenters. The number of nitrogens with one attached hydrogen (secondary N) is 1. The maximum Gasteiger partial charge on any atom is 0.248 e. The summed E-state index contributed by atoms with van der Waals surface area (Å²) in [6, 6.07) is 13.4. The molecule has 0 radical (unpaired) electrons. The van der Waals surface area contributed by atoms with E-state index in [1.54, 1.807) is 31.4 Å². The van der Waals surface area contributed by atoms with Crippen LogP contribution in [0.5, 0.6) is 11.5 Å². The highest BCUT2D eigenvalue weighted by atomic mass is 16.5. The molecule has 2 aromatic carbocycles. The van der Waals surface area contributed by atoms with Crippen molar-refractivity contribution in [2.75, 3.05) is 19.0 Å². The summed E-state index contributed by atoms with van der Waals surface area (Å²) in [7, 11) is 1.57. The fourth-order valence-electron chi connectivity index (χ4n) is 2.24. The lowest BCUT2D eigenvalue weighted by Crippen LogP contribution is -2.08. The number of ether oxygens (including phenoxy) is 2. The number of carbonyl (C=O) groups is 1. The van der Waals surface area contributed by atoms with Gasteiger partial charge in [0.25, 0.3) is 0 Å². The first-order chi connectivity index (χ1) is 11.7. The first kappa shape index (κ1) is 17.6. The molecular formula is C20H23NO3. The van der Waals surface area contributed by atoms with E-state index in [0.29, 0.717) is 23.8 Å². The molecule has 0 aliphatic carbocycles. The van der Waals surface area contributed by atoms with Crippen LogP contribution in [0.2, 0.25) is 0 Å². The third-order valence-corrected chi connectivity index (χ3v) is 3.55. The molecule has 126 valence electrons. The van der Waals surface area contributed by atoms with Crippen molar-refractivity contribution in [3.8, 4) is 11.5 Å². The van der Waals surface area contributed by atoms with Crippen molar-refractivity contribution < 1.29 is 14.3 Å². The summed E-state index contributed by atoms with van der Waals surface area (Å²) < 4.78 is 10.7. The Balaban J connectivity index is 2.01. The second-order valence-electron chi connectivity index (χ2n) is 5.22. The third kappa shape index (κ3) is 4.88. The van der Waals surface area contributed by atoms with Crippen molar-refractivity contribution in [3.63, 3.8) is 0 Å². The topological polar surface area (TPSA) is 47.6 Å². The number of carbonyl (C=O) groups excluding carboxylic acids is 1. The molecule has 0 bridgehead atoms. The standard InChI is InChI=1S/C20H23NO3/c1-4-15-6-8-16(9-7-15)10-13-20(22)21-17-11-12-18(24-5-2)19(14-17)23-3/h6-14H,4-5H2,1-3H3,(H,21,22)/b13-10+. The maximum atomic E-state index is 12.0. The zero-order chi connectivity index (χ0) is 17.4. The molecule has 0 unspecified atom stereocenters. The van der Waals surface area contributed by atoms with Crippen LogP contribution in [0.25, 0.3) is 6.08 Å². The summed E-state index contributed by atoms with van der Waals surface area (Å²) in [5.74, 6) is 1.05. The van der Waals surface area contributed by atoms with Crippen molar-refractivity contribution >= 4 is 17.7 Å². The molecule has 4 heteroatoms. The maximum absolute atomic E-state index is 12.0. The van der Waals surface area contributed by atoms with Gasteiger partial charge in [-0.15, -0.1) is 0 Å². The Morgan fingerprint density at radius 2 is 1.83 bits per heavy atom. The van der Waals surface area contributed by atoms with Gasteiger partial charge in [0, 0.05) is 17.8 Å². The lowest BCUT2D eigenvalue weighted by Gasteiger charge is -2.11. The summed E-state index contributed by atoms with van der Waals surface area (Å²) in [6.45, 7) is 4.58. The Kier molecular flexibility index (Phi) is 6.43. The summed E-state index contributed by atoms with van der Waals surface area (Å²) in [5, 5.41) is 2.82. The first-order valence-electron chi connectivity index (χ1n) is 8.05. The zero-order valence-corrected chi connectivity index (χ0v) is 14.3. The van der Waals surface area contributed by atoms with E-state index < -0.39 is 0 Å². The summed E-state index contributed by atoms with van der Waals surface area (Å²) in [4.78, 5) is 12.0. The van der Waals surface area contributed by atoms with Gasteiger partial charge < -0.3 is 14.8 Å². The van der Waals surface area contributed by atoms with E-state index in [1.807, 2.05) is 19.1 Å². The fraction of sp³-hybridized carbons (Fsp3) is 0.250. The average molecular weight is 325 g/mol. The van der Waals surface area contributed by atoms with Gasteiger partial charge in [-0.25, -0.2) is 0 Å². The minimum absolute atomic E-state index is 0.194. The molecule has 0 aliphatic rings. The van der Waals surface area contributed by atoms with Crippen LogP contribution >= 0.6 is 0 Å². The summed E-state index contributed by atoms with van der Waals surface area (Å²) in [6.07, 6.45) is 4.31. The SMILES string of the molecule is CCOc1ccc(NC(=O)/C=C/c2ccc(CC)cc2)cc1OC. The van der Waals surface area contributed by atoms with Crippen molar-refractivity contribution in [1.29, 1.82) is 0 Å². The Morgan fingerprint density at radius 1 is 1.08 bits per heavy atom. The number of aryl methyl sites for hydroxylation is 1. The van der Waals surface area contributed by atoms with Gasteiger partial charge in [-0.2, -0.15) is 0 Å². The second kappa shape index (κ2) is 8.77. The molecule has 0 aromatic heterocycles. The highest BCUT2D eigenvalue weighted by Crippen LogP contribution is 2.30. The van der Waals surface area contributed by atoms with Crippen LogP contribution in [0.1, 0.15) is 25.0 Å². The Labute approximate surface area is 143 Å². The predicted octanol–water partition coefficient (Wildman–Crippen LogP) is 4.31. The molecule has 24 heavy (non-hydrogen) atoms. The number of anilines is 1. The smallest absolute Gasteiger partial charge is 0.248 e. The van der Waals surface area contributed by atoms with Crippen molar-refractivity contribution in [1.82, 2.24) is 0 Å². The van der Waals surface area contributed by atoms with Crippen LogP contribution in [0.15, 0.2) is 48.5 Å². The number of methoxy groups -OCH3 is 1. The van der Waals surface area contributed by atoms with E-state index in [2.05, 4.69) is 24.4 Å². The normalized spacial score (nSPS) is 10.6. The molecule has 1 amide bonds. The van der Waals surface area contributed by atoms with E-state index >= 15 is 0 Å². The van der Waals surface area contributed by atoms with Crippen LogP contribution in [-0.4, -0.2) is 19.6 Å². The van der Waals surface area contributed by atoms with Crippen molar-refractivity contribution in [2.24, 2.45) is 0 Å². The molecule has 0 spiro atoms. The molecule has 2 aromatic rings. The van der Waals surface area contributed by atoms with E-state index in [0.717, 1.165) is 12.0 Å². The van der Waals surface area contributed by atoms with Crippen LogP contribution in [0.3, 0.4) is 0 Å². The van der Waals surface area contributed by atoms with Crippen LogP contribution in [0, 0.1) is 0 Å². The monoisotopic (exact) mass is 325 g/mol. The molecule has 0 saturated heterocycles. The third-order valence-electron chi connectivity index (χ3n) is 3.55. The molecule has 0 heterocycles. The Morgan fingerprint density at radius 3 is 2.46 bits per heavy atom. The van der Waals surface area contributed by atoms with Gasteiger partial charge in [0.1, 0.15) is 0 Å². The highest BCUT2D eigenvalue weighted by molar-refractivity contribution is 6.02. The fourth-order valence-corrected chi connectivity index (χ4v) is 2.24. The lowest BCUT2D eigenvalue weighted by atomic mass is 10.1. The average Bonchev–Trinajstić information content (AvgIpc) is 2.62. The summed E-state index contributed by atoms with van der Waals surface area (Å²) >= 11 is 0. The van der Waals surface area contributed by atoms with Gasteiger partial charge in [-0.05, 0) is 42.7 Å². The van der Waals surface area contributed by atoms with E-state index in [4.69, 9.17) is 9.47 Å². The number of amides is 1. The predicted molar refractivity (Wildman–Crippen MR) is 97.6 cm³/mol. The number of hydrogen-bond donors (Lipinski definition) is 1. The van der Waals surface area contributed by atoms with Gasteiger partial charge >= 0.3 is 0 Å². The van der Waals surface area contributed by atoms with Gasteiger partial charge in [-0.3, -0.25) is 4.79 Å². The summed E-state index contributed by atoms with van der Waals surface area (Å²) in [5.41, 5.74) is 2.93. The van der Waals surface area contributed by atoms with Crippen LogP contribution in [-0.2, 0) is 11.2 Å². The van der Waals surface area contributed by atoms with Gasteiger partial charge in [-0.1, -0.05) is 31.2 Å². The van der Waals surface area contributed by atoms with E-state index in [1.165, 1.54) is 11.6 Å². The van der Waals surface area contributed by atoms with E-state index in [-0.39, 0.29) is 5.91 Å². The number of benzene rings is 2. The molecule has 1 N–H and O–H groups in total. The molecular weight excluding hydrogens is 302 g/mol. The van der Waals surface area contributed by atoms with Crippen LogP contribution in [0.4, 0.5) is 5.69 Å². The number of rotatable bonds is 7. The van der Waals surface area contributed by atoms with Crippen LogP contribution < -0.4 is 14.8 Å². The van der Waals surface area contributed by atoms with E-state index in [9.17, 15) is 4.79 Å². The quantitative estimate of drug-likeness (QED) is 0.772. The largest absolute Gasteiger partial charge is 0.493 e. The van der Waals surface area contributed by atoms with Crippen molar-refractivity contribution in [2.45, 2.75) is 20.3 Å². The molecule has 0 aliphatic heterocycles. The minimum Gasteiger partial charge on any atom is -0.493 e. The highest BCUT2D eigenvalue weighted by Gasteiger charge is 2.06.